The summed E-state index contributed by atoms with van der Waals surface area (Å²) >= 11 is 3.05. The van der Waals surface area contributed by atoms with E-state index in [-0.39, 0.29) is 17.7 Å². The predicted octanol–water partition coefficient (Wildman–Crippen LogP) is 5.47. The zero-order valence-corrected chi connectivity index (χ0v) is 21.3. The van der Waals surface area contributed by atoms with E-state index in [9.17, 15) is 9.59 Å². The Morgan fingerprint density at radius 3 is 2.57 bits per heavy atom. The van der Waals surface area contributed by atoms with Crippen LogP contribution in [0, 0.1) is 0 Å². The zero-order chi connectivity index (χ0) is 24.5. The molecule has 182 valence electrons. The monoisotopic (exact) mass is 507 g/mol. The highest BCUT2D eigenvalue weighted by atomic mass is 32.1. The number of aromatic amines is 1. The minimum Gasteiger partial charge on any atom is -0.359 e. The highest BCUT2D eigenvalue weighted by Crippen LogP contribution is 2.28. The molecule has 35 heavy (non-hydrogen) atoms. The second-order valence-electron chi connectivity index (χ2n) is 8.28. The SMILES string of the molecule is CNC(=O)CCCCCC(CNC(=O)c1cncs1)c1ncc(-c2ccc(-c3cccs3)cc2)[nH]1. The molecule has 0 radical (unpaired) electrons. The molecule has 0 spiro atoms. The van der Waals surface area contributed by atoms with E-state index in [0.29, 0.717) is 17.8 Å². The smallest absolute Gasteiger partial charge is 0.263 e. The number of benzene rings is 1. The van der Waals surface area contributed by atoms with Crippen LogP contribution in [0.25, 0.3) is 21.7 Å². The van der Waals surface area contributed by atoms with Crippen molar-refractivity contribution in [2.75, 3.05) is 13.6 Å². The van der Waals surface area contributed by atoms with Gasteiger partial charge < -0.3 is 15.6 Å². The van der Waals surface area contributed by atoms with Gasteiger partial charge in [0.1, 0.15) is 10.7 Å². The quantitative estimate of drug-likeness (QED) is 0.221. The molecule has 3 heterocycles. The lowest BCUT2D eigenvalue weighted by atomic mass is 9.99. The number of unbranched alkanes of at least 4 members (excludes halogenated alkanes) is 2. The topological polar surface area (TPSA) is 99.8 Å². The van der Waals surface area contributed by atoms with Crippen LogP contribution in [0.2, 0.25) is 0 Å². The van der Waals surface area contributed by atoms with Crippen molar-refractivity contribution < 1.29 is 9.59 Å². The predicted molar refractivity (Wildman–Crippen MR) is 142 cm³/mol. The van der Waals surface area contributed by atoms with Crippen LogP contribution in [0.15, 0.2) is 59.7 Å². The number of imidazole rings is 1. The van der Waals surface area contributed by atoms with Gasteiger partial charge in [-0.3, -0.25) is 14.6 Å². The van der Waals surface area contributed by atoms with Crippen LogP contribution >= 0.6 is 22.7 Å². The summed E-state index contributed by atoms with van der Waals surface area (Å²) < 4.78 is 0. The summed E-state index contributed by atoms with van der Waals surface area (Å²) in [7, 11) is 1.66. The summed E-state index contributed by atoms with van der Waals surface area (Å²) in [6.45, 7) is 0.483. The van der Waals surface area contributed by atoms with E-state index < -0.39 is 0 Å². The first-order valence-corrected chi connectivity index (χ1v) is 13.5. The van der Waals surface area contributed by atoms with Crippen molar-refractivity contribution in [3.8, 4) is 21.7 Å². The Hall–Kier alpha value is -3.30. The average Bonchev–Trinajstić information content (AvgIpc) is 3.68. The molecule has 4 rings (SSSR count). The number of amides is 2. The maximum atomic E-state index is 12.5. The van der Waals surface area contributed by atoms with Gasteiger partial charge in [-0.25, -0.2) is 4.98 Å². The number of nitrogens with one attached hydrogen (secondary N) is 3. The van der Waals surface area contributed by atoms with Crippen LogP contribution in [-0.4, -0.2) is 40.4 Å². The largest absolute Gasteiger partial charge is 0.359 e. The van der Waals surface area contributed by atoms with Gasteiger partial charge in [0.2, 0.25) is 5.91 Å². The summed E-state index contributed by atoms with van der Waals surface area (Å²) in [5.74, 6) is 0.858. The lowest BCUT2D eigenvalue weighted by Gasteiger charge is -2.15. The lowest BCUT2D eigenvalue weighted by molar-refractivity contribution is -0.120. The molecular weight excluding hydrogens is 478 g/mol. The van der Waals surface area contributed by atoms with Gasteiger partial charge in [-0.2, -0.15) is 0 Å². The van der Waals surface area contributed by atoms with Crippen molar-refractivity contribution in [2.24, 2.45) is 0 Å². The van der Waals surface area contributed by atoms with Gasteiger partial charge >= 0.3 is 0 Å². The Labute approximate surface area is 213 Å². The summed E-state index contributed by atoms with van der Waals surface area (Å²) in [5, 5.41) is 7.77. The number of thiazole rings is 1. The molecule has 9 heteroatoms. The second kappa shape index (κ2) is 12.4. The van der Waals surface area contributed by atoms with Gasteiger partial charge in [-0.1, -0.05) is 43.2 Å². The van der Waals surface area contributed by atoms with Crippen LogP contribution < -0.4 is 10.6 Å². The fourth-order valence-electron chi connectivity index (χ4n) is 3.89. The maximum Gasteiger partial charge on any atom is 0.263 e. The number of thiophene rings is 1. The number of nitrogens with zero attached hydrogens (tertiary/aromatic N) is 2. The van der Waals surface area contributed by atoms with Crippen LogP contribution in [0.1, 0.15) is 53.5 Å². The maximum absolute atomic E-state index is 12.5. The normalized spacial score (nSPS) is 11.8. The van der Waals surface area contributed by atoms with Gasteiger partial charge in [-0.05, 0) is 35.4 Å². The molecular formula is C26H29N5O2S2. The van der Waals surface area contributed by atoms with Gasteiger partial charge in [0.25, 0.3) is 5.91 Å². The molecule has 0 saturated carbocycles. The van der Waals surface area contributed by atoms with Crippen molar-refractivity contribution in [3.63, 3.8) is 0 Å². The number of hydrogen-bond acceptors (Lipinski definition) is 6. The molecule has 1 aromatic carbocycles. The molecule has 0 saturated heterocycles. The molecule has 4 aromatic rings. The van der Waals surface area contributed by atoms with E-state index in [1.165, 1.54) is 21.8 Å². The minimum atomic E-state index is -0.118. The Morgan fingerprint density at radius 2 is 1.86 bits per heavy atom. The fraction of sp³-hybridized carbons (Fsp3) is 0.308. The van der Waals surface area contributed by atoms with Crippen molar-refractivity contribution in [1.29, 1.82) is 0 Å². The van der Waals surface area contributed by atoms with Crippen LogP contribution in [0.3, 0.4) is 0 Å². The van der Waals surface area contributed by atoms with Crippen LogP contribution in [-0.2, 0) is 4.79 Å². The molecule has 2 amide bonds. The van der Waals surface area contributed by atoms with Gasteiger partial charge in [0.05, 0.1) is 23.6 Å². The first-order chi connectivity index (χ1) is 17.1. The number of hydrogen-bond donors (Lipinski definition) is 3. The third kappa shape index (κ3) is 6.86. The Balaban J connectivity index is 1.41. The molecule has 1 atom stereocenters. The molecule has 0 aliphatic rings. The average molecular weight is 508 g/mol. The summed E-state index contributed by atoms with van der Waals surface area (Å²) in [4.78, 5) is 37.9. The van der Waals surface area contributed by atoms with E-state index in [1.54, 1.807) is 30.1 Å². The van der Waals surface area contributed by atoms with Gasteiger partial charge in [-0.15, -0.1) is 22.7 Å². The number of aromatic nitrogens is 3. The second-order valence-corrected chi connectivity index (χ2v) is 10.1. The molecule has 0 aliphatic heterocycles. The van der Waals surface area contributed by atoms with E-state index in [1.807, 2.05) is 6.20 Å². The van der Waals surface area contributed by atoms with Crippen molar-refractivity contribution in [3.05, 3.63) is 70.4 Å². The van der Waals surface area contributed by atoms with Crippen LogP contribution in [0.4, 0.5) is 0 Å². The molecule has 3 N–H and O–H groups in total. The molecule has 1 unspecified atom stereocenters. The summed E-state index contributed by atoms with van der Waals surface area (Å²) in [6.07, 6.45) is 7.59. The third-order valence-corrected chi connectivity index (χ3v) is 7.57. The number of carbonyl (C=O) groups is 2. The first-order valence-electron chi connectivity index (χ1n) is 11.7. The van der Waals surface area contributed by atoms with Gasteiger partial charge in [0.15, 0.2) is 0 Å². The Morgan fingerprint density at radius 1 is 1.03 bits per heavy atom. The number of rotatable bonds is 12. The van der Waals surface area contributed by atoms with E-state index in [2.05, 4.69) is 67.4 Å². The van der Waals surface area contributed by atoms with Gasteiger partial charge in [0, 0.05) is 30.8 Å². The van der Waals surface area contributed by atoms with Crippen molar-refractivity contribution in [1.82, 2.24) is 25.6 Å². The minimum absolute atomic E-state index is 0.0472. The van der Waals surface area contributed by atoms with E-state index in [4.69, 9.17) is 0 Å². The van der Waals surface area contributed by atoms with Crippen molar-refractivity contribution >= 4 is 34.5 Å². The van der Waals surface area contributed by atoms with Crippen LogP contribution in [0.5, 0.6) is 0 Å². The standard InChI is InChI=1S/C26H29N5O2S2/c1-27-24(32)8-4-2-3-6-20(14-30-26(33)23-16-28-17-35-23)25-29-15-21(31-25)18-9-11-19(12-10-18)22-7-5-13-34-22/h5,7,9-13,15-17,20H,2-4,6,8,14H2,1H3,(H,27,32)(H,29,31)(H,30,33). The van der Waals surface area contributed by atoms with E-state index in [0.717, 1.165) is 42.8 Å². The lowest BCUT2D eigenvalue weighted by Crippen LogP contribution is -2.28. The van der Waals surface area contributed by atoms with Crippen molar-refractivity contribution in [2.45, 2.75) is 38.0 Å². The number of H-pyrrole nitrogens is 1. The van der Waals surface area contributed by atoms with E-state index >= 15 is 0 Å². The number of carbonyl (C=O) groups excluding carboxylic acids is 2. The first kappa shape index (κ1) is 24.8. The third-order valence-electron chi connectivity index (χ3n) is 5.88. The fourth-order valence-corrected chi connectivity index (χ4v) is 5.16. The highest BCUT2D eigenvalue weighted by molar-refractivity contribution is 7.13. The molecule has 0 bridgehead atoms. The summed E-state index contributed by atoms with van der Waals surface area (Å²) in [6, 6.07) is 12.6. The Kier molecular flexibility index (Phi) is 8.80. The molecule has 7 nitrogen and oxygen atoms in total. The highest BCUT2D eigenvalue weighted by Gasteiger charge is 2.18. The summed E-state index contributed by atoms with van der Waals surface area (Å²) in [5.41, 5.74) is 4.88. The molecule has 3 aromatic heterocycles. The zero-order valence-electron chi connectivity index (χ0n) is 19.6. The molecule has 0 aliphatic carbocycles. The molecule has 0 fully saturated rings. The Bertz CT molecular complexity index is 1200.